The zero-order valence-corrected chi connectivity index (χ0v) is 15.2. The van der Waals surface area contributed by atoms with Crippen LogP contribution in [0.2, 0.25) is 0 Å². The predicted molar refractivity (Wildman–Crippen MR) is 98.4 cm³/mol. The quantitative estimate of drug-likeness (QED) is 0.742. The lowest BCUT2D eigenvalue weighted by atomic mass is 9.95. The Morgan fingerprint density at radius 1 is 1.26 bits per heavy atom. The van der Waals surface area contributed by atoms with E-state index in [4.69, 9.17) is 0 Å². The maximum Gasteiger partial charge on any atom is 0.387 e. The van der Waals surface area contributed by atoms with Crippen molar-refractivity contribution >= 4 is 5.65 Å². The highest BCUT2D eigenvalue weighted by molar-refractivity contribution is 5.45. The van der Waals surface area contributed by atoms with Crippen molar-refractivity contribution in [1.82, 2.24) is 19.7 Å². The van der Waals surface area contributed by atoms with Crippen LogP contribution in [0.3, 0.4) is 0 Å². The number of aryl methyl sites for hydroxylation is 1. The molecule has 142 valence electrons. The number of nitrogens with one attached hydrogen (secondary N) is 1. The summed E-state index contributed by atoms with van der Waals surface area (Å²) in [7, 11) is 0. The molecule has 3 heterocycles. The number of benzene rings is 1. The number of piperidine rings is 1. The summed E-state index contributed by atoms with van der Waals surface area (Å²) in [6.07, 6.45) is 6.44. The SMILES string of the molecule is Cc1nc2cnc(C3CCNCC3)cn2c1Cc1ccccc1OC(F)F. The highest BCUT2D eigenvalue weighted by Crippen LogP contribution is 2.27. The van der Waals surface area contributed by atoms with E-state index in [1.165, 1.54) is 0 Å². The molecule has 5 nitrogen and oxygen atoms in total. The summed E-state index contributed by atoms with van der Waals surface area (Å²) in [6, 6.07) is 6.91. The summed E-state index contributed by atoms with van der Waals surface area (Å²) in [5, 5.41) is 3.37. The lowest BCUT2D eigenvalue weighted by molar-refractivity contribution is -0.0503. The van der Waals surface area contributed by atoms with Crippen LogP contribution in [0.15, 0.2) is 36.7 Å². The molecule has 1 fully saturated rings. The van der Waals surface area contributed by atoms with Gasteiger partial charge in [-0.05, 0) is 38.9 Å². The number of halogens is 2. The van der Waals surface area contributed by atoms with E-state index in [2.05, 4.69) is 26.2 Å². The van der Waals surface area contributed by atoms with Gasteiger partial charge in [-0.3, -0.25) is 4.98 Å². The first-order valence-corrected chi connectivity index (χ1v) is 9.18. The number of imidazole rings is 1. The average Bonchev–Trinajstić information content (AvgIpc) is 2.98. The van der Waals surface area contributed by atoms with Gasteiger partial charge in [0.1, 0.15) is 5.75 Å². The monoisotopic (exact) mass is 372 g/mol. The fourth-order valence-electron chi connectivity index (χ4n) is 3.72. The Morgan fingerprint density at radius 3 is 2.81 bits per heavy atom. The van der Waals surface area contributed by atoms with Gasteiger partial charge in [0, 0.05) is 29.8 Å². The van der Waals surface area contributed by atoms with Crippen molar-refractivity contribution in [3.63, 3.8) is 0 Å². The molecule has 0 amide bonds. The molecule has 0 unspecified atom stereocenters. The fourth-order valence-corrected chi connectivity index (χ4v) is 3.72. The average molecular weight is 372 g/mol. The summed E-state index contributed by atoms with van der Waals surface area (Å²) in [5.41, 5.74) is 4.37. The second-order valence-corrected chi connectivity index (χ2v) is 6.87. The maximum atomic E-state index is 12.7. The molecule has 0 radical (unpaired) electrons. The Hall–Kier alpha value is -2.54. The lowest BCUT2D eigenvalue weighted by Crippen LogP contribution is -2.27. The van der Waals surface area contributed by atoms with Crippen LogP contribution in [-0.4, -0.2) is 34.1 Å². The smallest absolute Gasteiger partial charge is 0.387 e. The maximum absolute atomic E-state index is 12.7. The van der Waals surface area contributed by atoms with Gasteiger partial charge in [0.25, 0.3) is 0 Å². The van der Waals surface area contributed by atoms with Crippen LogP contribution >= 0.6 is 0 Å². The van der Waals surface area contributed by atoms with Gasteiger partial charge in [-0.2, -0.15) is 8.78 Å². The van der Waals surface area contributed by atoms with Crippen molar-refractivity contribution in [3.05, 3.63) is 59.3 Å². The number of aromatic nitrogens is 3. The number of rotatable bonds is 5. The molecule has 7 heteroatoms. The zero-order valence-electron chi connectivity index (χ0n) is 15.2. The van der Waals surface area contributed by atoms with Gasteiger partial charge in [0.05, 0.1) is 17.6 Å². The molecule has 0 saturated carbocycles. The molecule has 0 spiro atoms. The minimum absolute atomic E-state index is 0.203. The summed E-state index contributed by atoms with van der Waals surface area (Å²) in [4.78, 5) is 9.20. The molecule has 1 N–H and O–H groups in total. The largest absolute Gasteiger partial charge is 0.435 e. The van der Waals surface area contributed by atoms with E-state index in [1.54, 1.807) is 18.3 Å². The highest BCUT2D eigenvalue weighted by atomic mass is 19.3. The van der Waals surface area contributed by atoms with E-state index in [-0.39, 0.29) is 5.75 Å². The van der Waals surface area contributed by atoms with Gasteiger partial charge >= 0.3 is 6.61 Å². The lowest BCUT2D eigenvalue weighted by Gasteiger charge is -2.22. The van der Waals surface area contributed by atoms with Crippen molar-refractivity contribution in [1.29, 1.82) is 0 Å². The summed E-state index contributed by atoms with van der Waals surface area (Å²) >= 11 is 0. The number of hydrogen-bond acceptors (Lipinski definition) is 4. The number of fused-ring (bicyclic) bond motifs is 1. The molecular weight excluding hydrogens is 350 g/mol. The van der Waals surface area contributed by atoms with E-state index >= 15 is 0 Å². The zero-order chi connectivity index (χ0) is 18.8. The second-order valence-electron chi connectivity index (χ2n) is 6.87. The molecule has 0 aliphatic carbocycles. The molecular formula is C20H22F2N4O. The first-order chi connectivity index (χ1) is 13.1. The minimum atomic E-state index is -2.84. The molecule has 27 heavy (non-hydrogen) atoms. The van der Waals surface area contributed by atoms with Gasteiger partial charge in [0.15, 0.2) is 5.65 Å². The predicted octanol–water partition coefficient (Wildman–Crippen LogP) is 3.70. The first-order valence-electron chi connectivity index (χ1n) is 9.18. The molecule has 1 saturated heterocycles. The standard InChI is InChI=1S/C20H22F2N4O/c1-13-17(10-15-4-2-3-5-18(15)27-20(21)22)26-12-16(24-11-19(26)25-13)14-6-8-23-9-7-14/h2-5,11-12,14,20,23H,6-10H2,1H3. The van der Waals surface area contributed by atoms with Crippen LogP contribution in [0.5, 0.6) is 5.75 Å². The van der Waals surface area contributed by atoms with E-state index in [0.29, 0.717) is 17.9 Å². The van der Waals surface area contributed by atoms with Crippen LogP contribution in [0.25, 0.3) is 5.65 Å². The van der Waals surface area contributed by atoms with Crippen molar-refractivity contribution in [3.8, 4) is 5.75 Å². The van der Waals surface area contributed by atoms with Gasteiger partial charge in [-0.1, -0.05) is 18.2 Å². The van der Waals surface area contributed by atoms with Crippen LogP contribution in [0.1, 0.15) is 41.4 Å². The molecule has 1 aliphatic rings. The van der Waals surface area contributed by atoms with Crippen molar-refractivity contribution in [2.24, 2.45) is 0 Å². The summed E-state index contributed by atoms with van der Waals surface area (Å²) in [6.45, 7) is 1.09. The van der Waals surface area contributed by atoms with Crippen LogP contribution < -0.4 is 10.1 Å². The Labute approximate surface area is 156 Å². The third-order valence-corrected chi connectivity index (χ3v) is 5.13. The summed E-state index contributed by atoms with van der Waals surface area (Å²) in [5.74, 6) is 0.634. The molecule has 0 atom stereocenters. The van der Waals surface area contributed by atoms with Crippen LogP contribution in [0, 0.1) is 6.92 Å². The molecule has 1 aliphatic heterocycles. The topological polar surface area (TPSA) is 51.5 Å². The number of alkyl halides is 2. The fraction of sp³-hybridized carbons (Fsp3) is 0.400. The van der Waals surface area contributed by atoms with E-state index < -0.39 is 6.61 Å². The Bertz CT molecular complexity index is 935. The van der Waals surface area contributed by atoms with Gasteiger partial charge in [-0.25, -0.2) is 4.98 Å². The number of ether oxygens (including phenoxy) is 1. The molecule has 3 aromatic rings. The molecule has 4 rings (SSSR count). The second kappa shape index (κ2) is 7.60. The third kappa shape index (κ3) is 3.78. The van der Waals surface area contributed by atoms with Crippen LogP contribution in [0.4, 0.5) is 8.78 Å². The number of nitrogens with zero attached hydrogens (tertiary/aromatic N) is 3. The van der Waals surface area contributed by atoms with Crippen molar-refractivity contribution in [2.75, 3.05) is 13.1 Å². The van der Waals surface area contributed by atoms with E-state index in [1.807, 2.05) is 23.5 Å². The van der Waals surface area contributed by atoms with Crippen molar-refractivity contribution in [2.45, 2.75) is 38.7 Å². The van der Waals surface area contributed by atoms with Gasteiger partial charge in [0.2, 0.25) is 0 Å². The minimum Gasteiger partial charge on any atom is -0.435 e. The molecule has 0 bridgehead atoms. The molecule has 2 aromatic heterocycles. The van der Waals surface area contributed by atoms with Gasteiger partial charge in [-0.15, -0.1) is 0 Å². The number of hydrogen-bond donors (Lipinski definition) is 1. The molecule has 1 aromatic carbocycles. The van der Waals surface area contributed by atoms with E-state index in [9.17, 15) is 8.78 Å². The van der Waals surface area contributed by atoms with Crippen LogP contribution in [-0.2, 0) is 6.42 Å². The summed E-state index contributed by atoms with van der Waals surface area (Å²) < 4.78 is 32.2. The number of para-hydroxylation sites is 1. The van der Waals surface area contributed by atoms with E-state index in [0.717, 1.165) is 48.7 Å². The first kappa shape index (κ1) is 17.9. The Kier molecular flexibility index (Phi) is 5.03. The van der Waals surface area contributed by atoms with Crippen molar-refractivity contribution < 1.29 is 13.5 Å². The Balaban J connectivity index is 1.70. The third-order valence-electron chi connectivity index (χ3n) is 5.13. The Morgan fingerprint density at radius 2 is 2.04 bits per heavy atom. The highest BCUT2D eigenvalue weighted by Gasteiger charge is 2.19. The normalized spacial score (nSPS) is 15.6. The van der Waals surface area contributed by atoms with Gasteiger partial charge < -0.3 is 14.5 Å².